The van der Waals surface area contributed by atoms with Crippen molar-refractivity contribution in [1.82, 2.24) is 0 Å². The van der Waals surface area contributed by atoms with Gasteiger partial charge in [-0.25, -0.2) is 4.79 Å². The number of rotatable bonds is 19. The van der Waals surface area contributed by atoms with Crippen molar-refractivity contribution in [1.29, 1.82) is 0 Å². The van der Waals surface area contributed by atoms with Gasteiger partial charge in [0.2, 0.25) is 0 Å². The first kappa shape index (κ1) is 24.2. The first-order valence-corrected chi connectivity index (χ1v) is 11.1. The molecule has 1 N–H and O–H groups in total. The van der Waals surface area contributed by atoms with E-state index in [0.717, 1.165) is 6.42 Å². The molecule has 0 amide bonds. The summed E-state index contributed by atoms with van der Waals surface area (Å²) in [5.41, 5.74) is 0. The van der Waals surface area contributed by atoms with Gasteiger partial charge >= 0.3 is 5.97 Å². The van der Waals surface area contributed by atoms with Gasteiger partial charge in [-0.15, -0.1) is 0 Å². The summed E-state index contributed by atoms with van der Waals surface area (Å²) in [6.07, 6.45) is 25.7. The van der Waals surface area contributed by atoms with Gasteiger partial charge in [-0.05, 0) is 12.3 Å². The van der Waals surface area contributed by atoms with Gasteiger partial charge < -0.3 is 5.11 Å². The van der Waals surface area contributed by atoms with E-state index in [0.29, 0.717) is 5.92 Å². The fourth-order valence-corrected chi connectivity index (χ4v) is 3.52. The second kappa shape index (κ2) is 19.5. The van der Waals surface area contributed by atoms with Crippen molar-refractivity contribution in [2.24, 2.45) is 5.92 Å². The molecule has 0 saturated carbocycles. The number of unbranched alkanes of at least 4 members (excludes halogenated alkanes) is 12. The van der Waals surface area contributed by atoms with Crippen LogP contribution < -0.4 is 0 Å². The van der Waals surface area contributed by atoms with Gasteiger partial charge in [0.1, 0.15) is 0 Å². The zero-order valence-corrected chi connectivity index (χ0v) is 17.1. The summed E-state index contributed by atoms with van der Waals surface area (Å²) in [6, 6.07) is 0. The van der Waals surface area contributed by atoms with Crippen LogP contribution >= 0.6 is 0 Å². The highest BCUT2D eigenvalue weighted by atomic mass is 16.4. The van der Waals surface area contributed by atoms with E-state index in [1.54, 1.807) is 0 Å². The maximum Gasteiger partial charge on any atom is 0.327 e. The van der Waals surface area contributed by atoms with Crippen LogP contribution in [0.4, 0.5) is 0 Å². The van der Waals surface area contributed by atoms with Crippen LogP contribution in [0.5, 0.6) is 0 Å². The Kier molecular flexibility index (Phi) is 18.9. The number of carbonyl (C=O) groups is 1. The highest BCUT2D eigenvalue weighted by Crippen LogP contribution is 2.22. The standard InChI is InChI=1S/C23H44O2/c1-3-5-7-9-11-12-14-16-19-22(20-17-21-23(24)25)18-15-13-10-8-6-4-2/h17,21-22H,3-16,18-20H2,1-2H3,(H,24,25). The molecule has 0 fully saturated rings. The van der Waals surface area contributed by atoms with Crippen LogP contribution in [0.1, 0.15) is 123 Å². The van der Waals surface area contributed by atoms with Crippen LogP contribution in [-0.2, 0) is 4.79 Å². The maximum atomic E-state index is 10.7. The van der Waals surface area contributed by atoms with E-state index < -0.39 is 5.97 Å². The fourth-order valence-electron chi connectivity index (χ4n) is 3.52. The van der Waals surface area contributed by atoms with Crippen molar-refractivity contribution in [3.8, 4) is 0 Å². The first-order chi connectivity index (χ1) is 12.2. The van der Waals surface area contributed by atoms with Crippen LogP contribution in [0.15, 0.2) is 12.2 Å². The zero-order valence-electron chi connectivity index (χ0n) is 17.1. The Labute approximate surface area is 157 Å². The summed E-state index contributed by atoms with van der Waals surface area (Å²) in [5.74, 6) is -0.132. The molecule has 0 bridgehead atoms. The van der Waals surface area contributed by atoms with Gasteiger partial charge in [0, 0.05) is 6.08 Å². The highest BCUT2D eigenvalue weighted by Gasteiger charge is 2.07. The Morgan fingerprint density at radius 1 is 0.720 bits per heavy atom. The predicted octanol–water partition coefficient (Wildman–Crippen LogP) is 7.91. The van der Waals surface area contributed by atoms with E-state index in [1.807, 2.05) is 6.08 Å². The molecule has 0 aliphatic rings. The smallest absolute Gasteiger partial charge is 0.327 e. The lowest BCUT2D eigenvalue weighted by molar-refractivity contribution is -0.131. The Morgan fingerprint density at radius 2 is 1.12 bits per heavy atom. The van der Waals surface area contributed by atoms with Gasteiger partial charge in [0.25, 0.3) is 0 Å². The molecule has 0 heterocycles. The molecular weight excluding hydrogens is 308 g/mol. The molecule has 0 rings (SSSR count). The zero-order chi connectivity index (χ0) is 18.6. The lowest BCUT2D eigenvalue weighted by Crippen LogP contribution is -2.00. The summed E-state index contributed by atoms with van der Waals surface area (Å²) >= 11 is 0. The van der Waals surface area contributed by atoms with E-state index in [-0.39, 0.29) is 0 Å². The van der Waals surface area contributed by atoms with E-state index in [4.69, 9.17) is 5.11 Å². The lowest BCUT2D eigenvalue weighted by atomic mass is 9.91. The molecule has 0 aromatic rings. The maximum absolute atomic E-state index is 10.7. The summed E-state index contributed by atoms with van der Waals surface area (Å²) in [6.45, 7) is 4.53. The molecule has 0 spiro atoms. The van der Waals surface area contributed by atoms with Crippen molar-refractivity contribution >= 4 is 5.97 Å². The quantitative estimate of drug-likeness (QED) is 0.189. The third-order valence-corrected chi connectivity index (χ3v) is 5.16. The van der Waals surface area contributed by atoms with Gasteiger partial charge in [-0.1, -0.05) is 123 Å². The van der Waals surface area contributed by atoms with E-state index in [1.165, 1.54) is 109 Å². The Hall–Kier alpha value is -0.790. The third-order valence-electron chi connectivity index (χ3n) is 5.16. The second-order valence-electron chi connectivity index (χ2n) is 7.66. The van der Waals surface area contributed by atoms with Crippen molar-refractivity contribution in [3.05, 3.63) is 12.2 Å². The largest absolute Gasteiger partial charge is 0.478 e. The molecular formula is C23H44O2. The molecule has 0 aliphatic heterocycles. The van der Waals surface area contributed by atoms with Crippen molar-refractivity contribution < 1.29 is 9.90 Å². The average molecular weight is 353 g/mol. The molecule has 0 aromatic heterocycles. The fraction of sp³-hybridized carbons (Fsp3) is 0.870. The Balaban J connectivity index is 3.83. The van der Waals surface area contributed by atoms with Crippen molar-refractivity contribution in [2.45, 2.75) is 123 Å². The minimum absolute atomic E-state index is 0.682. The molecule has 25 heavy (non-hydrogen) atoms. The molecule has 2 nitrogen and oxygen atoms in total. The third kappa shape index (κ3) is 19.4. The normalized spacial score (nSPS) is 12.7. The summed E-state index contributed by atoms with van der Waals surface area (Å²) < 4.78 is 0. The number of hydrogen-bond donors (Lipinski definition) is 1. The molecule has 1 unspecified atom stereocenters. The molecule has 148 valence electrons. The second-order valence-corrected chi connectivity index (χ2v) is 7.66. The van der Waals surface area contributed by atoms with Crippen LogP contribution in [0.2, 0.25) is 0 Å². The van der Waals surface area contributed by atoms with Crippen LogP contribution in [-0.4, -0.2) is 11.1 Å². The van der Waals surface area contributed by atoms with Gasteiger partial charge in [-0.3, -0.25) is 0 Å². The minimum atomic E-state index is -0.814. The highest BCUT2D eigenvalue weighted by molar-refractivity contribution is 5.79. The SMILES string of the molecule is CCCCCCCCCCC(CC=CC(=O)O)CCCCCCCC. The topological polar surface area (TPSA) is 37.3 Å². The molecule has 0 aliphatic carbocycles. The molecule has 2 heteroatoms. The number of allylic oxidation sites excluding steroid dienone is 1. The van der Waals surface area contributed by atoms with E-state index >= 15 is 0 Å². The summed E-state index contributed by atoms with van der Waals surface area (Å²) in [7, 11) is 0. The van der Waals surface area contributed by atoms with Crippen LogP contribution in [0.25, 0.3) is 0 Å². The average Bonchev–Trinajstić information content (AvgIpc) is 2.59. The monoisotopic (exact) mass is 352 g/mol. The predicted molar refractivity (Wildman–Crippen MR) is 110 cm³/mol. The van der Waals surface area contributed by atoms with Crippen molar-refractivity contribution in [2.75, 3.05) is 0 Å². The van der Waals surface area contributed by atoms with Crippen molar-refractivity contribution in [3.63, 3.8) is 0 Å². The van der Waals surface area contributed by atoms with Crippen LogP contribution in [0, 0.1) is 5.92 Å². The van der Waals surface area contributed by atoms with Gasteiger partial charge in [0.05, 0.1) is 0 Å². The van der Waals surface area contributed by atoms with Gasteiger partial charge in [0.15, 0.2) is 0 Å². The molecule has 0 radical (unpaired) electrons. The minimum Gasteiger partial charge on any atom is -0.478 e. The van der Waals surface area contributed by atoms with Gasteiger partial charge in [-0.2, -0.15) is 0 Å². The molecule has 1 atom stereocenters. The summed E-state index contributed by atoms with van der Waals surface area (Å²) in [5, 5.41) is 8.77. The Morgan fingerprint density at radius 3 is 1.52 bits per heavy atom. The molecule has 0 aromatic carbocycles. The number of hydrogen-bond acceptors (Lipinski definition) is 1. The lowest BCUT2D eigenvalue weighted by Gasteiger charge is -2.15. The number of carboxylic acids is 1. The van der Waals surface area contributed by atoms with E-state index in [2.05, 4.69) is 13.8 Å². The number of aliphatic carboxylic acids is 1. The number of carboxylic acid groups (broad SMARTS) is 1. The molecule has 0 saturated heterocycles. The summed E-state index contributed by atoms with van der Waals surface area (Å²) in [4.78, 5) is 10.7. The first-order valence-electron chi connectivity index (χ1n) is 11.1. The Bertz CT molecular complexity index is 309. The van der Waals surface area contributed by atoms with E-state index in [9.17, 15) is 4.79 Å². The van der Waals surface area contributed by atoms with Crippen LogP contribution in [0.3, 0.4) is 0 Å².